The molecule has 0 aliphatic carbocycles. The van der Waals surface area contributed by atoms with Gasteiger partial charge in [-0.15, -0.1) is 0 Å². The van der Waals surface area contributed by atoms with Gasteiger partial charge in [0.2, 0.25) is 26.0 Å². The summed E-state index contributed by atoms with van der Waals surface area (Å²) in [6, 6.07) is 7.43. The van der Waals surface area contributed by atoms with E-state index in [2.05, 4.69) is 0 Å². The highest BCUT2D eigenvalue weighted by Crippen LogP contribution is 2.34. The average Bonchev–Trinajstić information content (AvgIpc) is 3.40. The molecule has 2 heterocycles. The highest BCUT2D eigenvalue weighted by atomic mass is 35.5. The third-order valence-electron chi connectivity index (χ3n) is 5.78. The van der Waals surface area contributed by atoms with Crippen molar-refractivity contribution in [3.8, 4) is 0 Å². The fraction of sp³-hybridized carbons (Fsp3) is 0.333. The van der Waals surface area contributed by atoms with Gasteiger partial charge >= 0.3 is 0 Å². The van der Waals surface area contributed by atoms with Gasteiger partial charge in [-0.1, -0.05) is 23.2 Å². The summed E-state index contributed by atoms with van der Waals surface area (Å²) in [5.41, 5.74) is 0.0881. The first kappa shape index (κ1) is 26.0. The normalized spacial score (nSPS) is 21.3. The maximum atomic E-state index is 13.7. The lowest BCUT2D eigenvalue weighted by Gasteiger charge is -2.29. The first-order valence-corrected chi connectivity index (χ1v) is 14.2. The number of benzene rings is 2. The lowest BCUT2D eigenvalue weighted by molar-refractivity contribution is -0.122. The van der Waals surface area contributed by atoms with E-state index in [1.165, 1.54) is 30.3 Å². The van der Waals surface area contributed by atoms with Crippen molar-refractivity contribution in [1.82, 2.24) is 4.31 Å². The van der Waals surface area contributed by atoms with Crippen molar-refractivity contribution in [1.29, 1.82) is 0 Å². The Balaban J connectivity index is 1.72. The molecule has 0 aromatic heterocycles. The quantitative estimate of drug-likeness (QED) is 0.509. The molecule has 2 saturated heterocycles. The summed E-state index contributed by atoms with van der Waals surface area (Å²) in [6.45, 7) is 0.295. The minimum Gasteiger partial charge on any atom is -0.377 e. The summed E-state index contributed by atoms with van der Waals surface area (Å²) in [7, 11) is -8.35. The molecule has 2 aliphatic heterocycles. The number of nitrogens with two attached hydrogens (primary N) is 1. The van der Waals surface area contributed by atoms with Crippen molar-refractivity contribution >= 4 is 60.8 Å². The van der Waals surface area contributed by atoms with Gasteiger partial charge in [0.1, 0.15) is 10.9 Å². The first-order valence-electron chi connectivity index (χ1n) is 10.5. The smallest absolute Gasteiger partial charge is 0.252 e. The van der Waals surface area contributed by atoms with Crippen LogP contribution in [0.2, 0.25) is 10.0 Å². The van der Waals surface area contributed by atoms with Crippen molar-refractivity contribution < 1.29 is 31.2 Å². The maximum Gasteiger partial charge on any atom is 0.252 e. The largest absolute Gasteiger partial charge is 0.377 e. The molecule has 188 valence electrons. The summed E-state index contributed by atoms with van der Waals surface area (Å²) in [6.07, 6.45) is 0.438. The monoisotopic (exact) mass is 561 g/mol. The number of hydrogen-bond acceptors (Lipinski definition) is 7. The minimum atomic E-state index is -4.37. The number of hydrogen-bond donors (Lipinski definition) is 1. The van der Waals surface area contributed by atoms with Gasteiger partial charge in [0.15, 0.2) is 0 Å². The fourth-order valence-corrected chi connectivity index (χ4v) is 6.95. The molecule has 2 aromatic rings. The van der Waals surface area contributed by atoms with E-state index in [1.54, 1.807) is 0 Å². The van der Waals surface area contributed by atoms with Crippen molar-refractivity contribution in [2.45, 2.75) is 41.2 Å². The van der Waals surface area contributed by atoms with Crippen LogP contribution in [0.1, 0.15) is 19.3 Å². The van der Waals surface area contributed by atoms with Crippen LogP contribution in [0.4, 0.5) is 5.69 Å². The van der Waals surface area contributed by atoms with E-state index in [0.717, 1.165) is 27.8 Å². The molecule has 2 atom stereocenters. The Morgan fingerprint density at radius 2 is 1.74 bits per heavy atom. The average molecular weight is 562 g/mol. The molecule has 0 spiro atoms. The molecule has 2 N–H and O–H groups in total. The standard InChI is InChI=1S/C21H21Cl2N3O7S2/c22-13-3-8-17(23)19(10-13)35(31,32)25(12-15-2-1-9-33-15)18-11-20(27)26(21(18)28)14-4-6-16(7-5-14)34(24,29)30/h3-8,10,15,18H,1-2,9,11-12H2,(H2,24,29,30). The molecule has 0 saturated carbocycles. The van der Waals surface area contributed by atoms with Gasteiger partial charge in [-0.25, -0.2) is 26.9 Å². The van der Waals surface area contributed by atoms with Gasteiger partial charge in [-0.3, -0.25) is 9.59 Å². The third-order valence-corrected chi connectivity index (χ3v) is 9.30. The third kappa shape index (κ3) is 5.24. The van der Waals surface area contributed by atoms with Crippen LogP contribution in [0.5, 0.6) is 0 Å². The van der Waals surface area contributed by atoms with Gasteiger partial charge in [0, 0.05) is 18.2 Å². The van der Waals surface area contributed by atoms with Crippen LogP contribution < -0.4 is 10.0 Å². The Hall–Kier alpha value is -2.06. The van der Waals surface area contributed by atoms with Crippen molar-refractivity contribution in [2.24, 2.45) is 5.14 Å². The highest BCUT2D eigenvalue weighted by molar-refractivity contribution is 7.89. The van der Waals surface area contributed by atoms with E-state index in [4.69, 9.17) is 33.1 Å². The van der Waals surface area contributed by atoms with Gasteiger partial charge < -0.3 is 4.74 Å². The number of ether oxygens (including phenoxy) is 1. The molecule has 2 unspecified atom stereocenters. The zero-order valence-corrected chi connectivity index (χ0v) is 21.3. The van der Waals surface area contributed by atoms with Crippen LogP contribution in [0.25, 0.3) is 0 Å². The number of rotatable bonds is 7. The summed E-state index contributed by atoms with van der Waals surface area (Å²) in [5, 5.41) is 5.15. The Morgan fingerprint density at radius 1 is 1.06 bits per heavy atom. The van der Waals surface area contributed by atoms with E-state index in [0.29, 0.717) is 13.0 Å². The number of halogens is 2. The number of amides is 2. The SMILES string of the molecule is NS(=O)(=O)c1ccc(N2C(=O)CC(N(CC3CCCO3)S(=O)(=O)c3cc(Cl)ccc3Cl)C2=O)cc1. The predicted molar refractivity (Wildman–Crippen MR) is 128 cm³/mol. The van der Waals surface area contributed by atoms with Crippen LogP contribution >= 0.6 is 23.2 Å². The second-order valence-electron chi connectivity index (χ2n) is 8.11. The highest BCUT2D eigenvalue weighted by Gasteiger charge is 2.48. The fourth-order valence-electron chi connectivity index (χ4n) is 4.08. The first-order chi connectivity index (χ1) is 16.4. The van der Waals surface area contributed by atoms with Crippen LogP contribution in [0.15, 0.2) is 52.3 Å². The van der Waals surface area contributed by atoms with E-state index in [9.17, 15) is 26.4 Å². The zero-order chi connectivity index (χ0) is 25.5. The van der Waals surface area contributed by atoms with Crippen molar-refractivity contribution in [3.63, 3.8) is 0 Å². The zero-order valence-electron chi connectivity index (χ0n) is 18.1. The van der Waals surface area contributed by atoms with E-state index < -0.39 is 50.4 Å². The maximum absolute atomic E-state index is 13.7. The molecule has 0 bridgehead atoms. The topological polar surface area (TPSA) is 144 Å². The van der Waals surface area contributed by atoms with Gasteiger partial charge in [-0.2, -0.15) is 4.31 Å². The Bertz CT molecular complexity index is 1380. The molecule has 0 radical (unpaired) electrons. The van der Waals surface area contributed by atoms with E-state index >= 15 is 0 Å². The van der Waals surface area contributed by atoms with E-state index in [-0.39, 0.29) is 32.1 Å². The number of imide groups is 1. The number of carbonyl (C=O) groups excluding carboxylic acids is 2. The van der Waals surface area contributed by atoms with Crippen molar-refractivity contribution in [2.75, 3.05) is 18.1 Å². The number of carbonyl (C=O) groups is 2. The predicted octanol–water partition coefficient (Wildman–Crippen LogP) is 2.14. The molecule has 2 fully saturated rings. The van der Waals surface area contributed by atoms with Gasteiger partial charge in [-0.05, 0) is 55.3 Å². The number of anilines is 1. The molecule has 10 nitrogen and oxygen atoms in total. The van der Waals surface area contributed by atoms with Crippen LogP contribution in [0, 0.1) is 0 Å². The molecule has 35 heavy (non-hydrogen) atoms. The second kappa shape index (κ2) is 9.77. The lowest BCUT2D eigenvalue weighted by atomic mass is 10.2. The van der Waals surface area contributed by atoms with Crippen LogP contribution in [-0.2, 0) is 34.4 Å². The second-order valence-corrected chi connectivity index (χ2v) is 12.4. The van der Waals surface area contributed by atoms with Crippen molar-refractivity contribution in [3.05, 3.63) is 52.5 Å². The van der Waals surface area contributed by atoms with Gasteiger partial charge in [0.05, 0.1) is 28.1 Å². The summed E-state index contributed by atoms with van der Waals surface area (Å²) in [5.74, 6) is -1.42. The summed E-state index contributed by atoms with van der Waals surface area (Å²) < 4.78 is 57.0. The van der Waals surface area contributed by atoms with Crippen LogP contribution in [0.3, 0.4) is 0 Å². The molecular weight excluding hydrogens is 541 g/mol. The Labute approximate surface area is 212 Å². The lowest BCUT2D eigenvalue weighted by Crippen LogP contribution is -2.48. The summed E-state index contributed by atoms with van der Waals surface area (Å²) >= 11 is 12.2. The molecule has 2 aliphatic rings. The van der Waals surface area contributed by atoms with Gasteiger partial charge in [0.25, 0.3) is 5.91 Å². The minimum absolute atomic E-state index is 0.0843. The Kier molecular flexibility index (Phi) is 7.26. The molecule has 2 amide bonds. The molecule has 4 rings (SSSR count). The number of primary sulfonamides is 1. The molecular formula is C21H21Cl2N3O7S2. The molecule has 2 aromatic carbocycles. The number of nitrogens with zero attached hydrogens (tertiary/aromatic N) is 2. The Morgan fingerprint density at radius 3 is 2.34 bits per heavy atom. The number of sulfonamides is 2. The summed E-state index contributed by atoms with van der Waals surface area (Å²) in [4.78, 5) is 26.6. The van der Waals surface area contributed by atoms with E-state index in [1.807, 2.05) is 0 Å². The molecule has 14 heteroatoms. The van der Waals surface area contributed by atoms with Crippen LogP contribution in [-0.4, -0.2) is 58.3 Å².